The molecule has 1 aromatic rings. The Hall–Kier alpha value is -2.53. The number of nitrogens with one attached hydrogen (secondary N) is 3. The molecule has 3 N–H and O–H groups in total. The van der Waals surface area contributed by atoms with Gasteiger partial charge in [0.2, 0.25) is 10.0 Å². The third-order valence-corrected chi connectivity index (χ3v) is 4.28. The summed E-state index contributed by atoms with van der Waals surface area (Å²) in [6.07, 6.45) is -1.31. The lowest BCUT2D eigenvalue weighted by atomic mass is 10.3. The van der Waals surface area contributed by atoms with Gasteiger partial charge in [-0.15, -0.1) is 0 Å². The number of urea groups is 1. The minimum Gasteiger partial charge on any atom is -0.452 e. The number of hydrogen-bond acceptors (Lipinski definition) is 6. The van der Waals surface area contributed by atoms with E-state index in [-0.39, 0.29) is 10.9 Å². The summed E-state index contributed by atoms with van der Waals surface area (Å²) in [7, 11) is -4.04. The van der Waals surface area contributed by atoms with Crippen LogP contribution in [-0.2, 0) is 24.3 Å². The van der Waals surface area contributed by atoms with Gasteiger partial charge in [0.15, 0.2) is 6.10 Å². The summed E-state index contributed by atoms with van der Waals surface area (Å²) in [6, 6.07) is 3.05. The highest BCUT2D eigenvalue weighted by Crippen LogP contribution is 2.09. The number of hydrogen-bond donors (Lipinski definition) is 3. The molecule has 1 aromatic carbocycles. The van der Waals surface area contributed by atoms with Crippen molar-refractivity contribution in [3.8, 4) is 0 Å². The molecule has 0 aliphatic rings. The van der Waals surface area contributed by atoms with E-state index in [4.69, 9.17) is 4.74 Å². The van der Waals surface area contributed by atoms with Crippen LogP contribution in [0.15, 0.2) is 29.2 Å². The minimum absolute atomic E-state index is 0.193. The van der Waals surface area contributed by atoms with Crippen LogP contribution in [0.5, 0.6) is 0 Å². The van der Waals surface area contributed by atoms with Gasteiger partial charge in [-0.1, -0.05) is 0 Å². The molecule has 0 fully saturated rings. The average Bonchev–Trinajstić information content (AvgIpc) is 2.52. The first-order valence-corrected chi connectivity index (χ1v) is 9.05. The fourth-order valence-electron chi connectivity index (χ4n) is 1.66. The third kappa shape index (κ3) is 7.15. The second-order valence-electron chi connectivity index (χ2n) is 5.53. The van der Waals surface area contributed by atoms with Crippen molar-refractivity contribution in [2.24, 2.45) is 0 Å². The molecule has 0 unspecified atom stereocenters. The first-order chi connectivity index (χ1) is 12.0. The zero-order chi connectivity index (χ0) is 19.9. The van der Waals surface area contributed by atoms with E-state index in [9.17, 15) is 27.2 Å². The SMILES string of the molecule is CC(C)NC(=O)NC(=O)[C@@H](C)OC(=O)CNS(=O)(=O)c1ccc(F)cc1. The van der Waals surface area contributed by atoms with E-state index >= 15 is 0 Å². The summed E-state index contributed by atoms with van der Waals surface area (Å²) in [5, 5.41) is 4.40. The number of benzene rings is 1. The quantitative estimate of drug-likeness (QED) is 0.574. The van der Waals surface area contributed by atoms with Gasteiger partial charge in [0, 0.05) is 6.04 Å². The second-order valence-corrected chi connectivity index (χ2v) is 7.29. The number of halogens is 1. The Morgan fingerprint density at radius 2 is 1.69 bits per heavy atom. The molecule has 1 rings (SSSR count). The number of ether oxygens (including phenoxy) is 1. The molecule has 1 atom stereocenters. The smallest absolute Gasteiger partial charge is 0.321 e. The Balaban J connectivity index is 2.51. The fourth-order valence-corrected chi connectivity index (χ4v) is 2.62. The predicted molar refractivity (Wildman–Crippen MR) is 89.0 cm³/mol. The average molecular weight is 389 g/mol. The summed E-state index contributed by atoms with van der Waals surface area (Å²) in [5.41, 5.74) is 0. The number of carbonyl (C=O) groups excluding carboxylic acids is 3. The maximum absolute atomic E-state index is 12.8. The lowest BCUT2D eigenvalue weighted by molar-refractivity contribution is -0.153. The van der Waals surface area contributed by atoms with E-state index in [0.717, 1.165) is 24.3 Å². The Morgan fingerprint density at radius 1 is 1.12 bits per heavy atom. The van der Waals surface area contributed by atoms with E-state index < -0.39 is 46.4 Å². The fraction of sp³-hybridized carbons (Fsp3) is 0.400. The van der Waals surface area contributed by atoms with Gasteiger partial charge in [-0.2, -0.15) is 4.72 Å². The van der Waals surface area contributed by atoms with E-state index in [1.54, 1.807) is 13.8 Å². The standard InChI is InChI=1S/C15H20FN3O6S/c1-9(2)18-15(22)19-14(21)10(3)25-13(20)8-17-26(23,24)12-6-4-11(16)5-7-12/h4-7,9-10,17H,8H2,1-3H3,(H2,18,19,21,22)/t10-/m1/s1. The van der Waals surface area contributed by atoms with Crippen molar-refractivity contribution >= 4 is 27.9 Å². The summed E-state index contributed by atoms with van der Waals surface area (Å²) in [4.78, 5) is 34.5. The van der Waals surface area contributed by atoms with Crippen LogP contribution >= 0.6 is 0 Å². The molecule has 26 heavy (non-hydrogen) atoms. The molecule has 0 aliphatic heterocycles. The lowest BCUT2D eigenvalue weighted by Crippen LogP contribution is -2.47. The number of imide groups is 1. The number of rotatable bonds is 7. The number of amides is 3. The van der Waals surface area contributed by atoms with Gasteiger partial charge in [0.25, 0.3) is 5.91 Å². The highest BCUT2D eigenvalue weighted by molar-refractivity contribution is 7.89. The molecule has 0 heterocycles. The summed E-state index contributed by atoms with van der Waals surface area (Å²) >= 11 is 0. The molecule has 0 saturated carbocycles. The van der Waals surface area contributed by atoms with Crippen LogP contribution in [0, 0.1) is 5.82 Å². The number of sulfonamides is 1. The van der Waals surface area contributed by atoms with Crippen molar-refractivity contribution in [3.05, 3.63) is 30.1 Å². The van der Waals surface area contributed by atoms with Crippen LogP contribution in [0.1, 0.15) is 20.8 Å². The molecular weight excluding hydrogens is 369 g/mol. The molecule has 144 valence electrons. The first kappa shape index (κ1) is 21.5. The Morgan fingerprint density at radius 3 is 2.23 bits per heavy atom. The van der Waals surface area contributed by atoms with Crippen molar-refractivity contribution in [3.63, 3.8) is 0 Å². The molecule has 11 heteroatoms. The van der Waals surface area contributed by atoms with Crippen LogP contribution < -0.4 is 15.4 Å². The van der Waals surface area contributed by atoms with Crippen molar-refractivity contribution in [1.82, 2.24) is 15.4 Å². The maximum atomic E-state index is 12.8. The molecule has 0 bridgehead atoms. The molecule has 0 saturated heterocycles. The van der Waals surface area contributed by atoms with Crippen LogP contribution in [0.2, 0.25) is 0 Å². The van der Waals surface area contributed by atoms with E-state index in [0.29, 0.717) is 0 Å². The summed E-state index contributed by atoms with van der Waals surface area (Å²) in [5.74, 6) is -2.50. The lowest BCUT2D eigenvalue weighted by Gasteiger charge is -2.14. The van der Waals surface area contributed by atoms with Crippen molar-refractivity contribution < 1.29 is 31.9 Å². The largest absolute Gasteiger partial charge is 0.452 e. The Kier molecular flexibility index (Phi) is 7.65. The first-order valence-electron chi connectivity index (χ1n) is 7.57. The van der Waals surface area contributed by atoms with Gasteiger partial charge in [0.05, 0.1) is 4.90 Å². The van der Waals surface area contributed by atoms with Gasteiger partial charge in [-0.25, -0.2) is 17.6 Å². The van der Waals surface area contributed by atoms with Gasteiger partial charge < -0.3 is 10.1 Å². The normalized spacial score (nSPS) is 12.3. The Bertz CT molecular complexity index is 764. The maximum Gasteiger partial charge on any atom is 0.321 e. The molecule has 9 nitrogen and oxygen atoms in total. The van der Waals surface area contributed by atoms with Gasteiger partial charge in [-0.05, 0) is 45.0 Å². The van der Waals surface area contributed by atoms with Gasteiger partial charge >= 0.3 is 12.0 Å². The van der Waals surface area contributed by atoms with Crippen LogP contribution in [-0.4, -0.2) is 45.0 Å². The minimum atomic E-state index is -4.04. The number of esters is 1. The van der Waals surface area contributed by atoms with Crippen LogP contribution in [0.25, 0.3) is 0 Å². The van der Waals surface area contributed by atoms with E-state index in [1.807, 2.05) is 10.0 Å². The van der Waals surface area contributed by atoms with E-state index in [2.05, 4.69) is 5.32 Å². The van der Waals surface area contributed by atoms with E-state index in [1.165, 1.54) is 6.92 Å². The molecule has 0 spiro atoms. The highest BCUT2D eigenvalue weighted by Gasteiger charge is 2.22. The zero-order valence-electron chi connectivity index (χ0n) is 14.4. The third-order valence-electron chi connectivity index (χ3n) is 2.86. The van der Waals surface area contributed by atoms with Crippen molar-refractivity contribution in [2.45, 2.75) is 37.8 Å². The molecule has 3 amide bonds. The molecule has 0 aromatic heterocycles. The topological polar surface area (TPSA) is 131 Å². The highest BCUT2D eigenvalue weighted by atomic mass is 32.2. The number of carbonyl (C=O) groups is 3. The van der Waals surface area contributed by atoms with Gasteiger partial charge in [-0.3, -0.25) is 14.9 Å². The van der Waals surface area contributed by atoms with Crippen molar-refractivity contribution in [2.75, 3.05) is 6.54 Å². The molecule has 0 radical (unpaired) electrons. The van der Waals surface area contributed by atoms with Gasteiger partial charge in [0.1, 0.15) is 12.4 Å². The second kappa shape index (κ2) is 9.25. The summed E-state index contributed by atoms with van der Waals surface area (Å²) in [6.45, 7) is 3.88. The predicted octanol–water partition coefficient (Wildman–Crippen LogP) is 0.270. The zero-order valence-corrected chi connectivity index (χ0v) is 15.2. The van der Waals surface area contributed by atoms with Crippen LogP contribution in [0.3, 0.4) is 0 Å². The van der Waals surface area contributed by atoms with Crippen LogP contribution in [0.4, 0.5) is 9.18 Å². The van der Waals surface area contributed by atoms with Crippen molar-refractivity contribution in [1.29, 1.82) is 0 Å². The molecule has 0 aliphatic carbocycles. The molecular formula is C15H20FN3O6S. The summed E-state index contributed by atoms with van der Waals surface area (Å²) < 4.78 is 43.4. The monoisotopic (exact) mass is 389 g/mol. The Labute approximate surface area is 150 Å².